The number of carbonyl (C=O) groups excluding carboxylic acids is 1. The highest BCUT2D eigenvalue weighted by molar-refractivity contribution is 6.18. The summed E-state index contributed by atoms with van der Waals surface area (Å²) in [6, 6.07) is 14.3. The quantitative estimate of drug-likeness (QED) is 0.655. The van der Waals surface area contributed by atoms with E-state index in [-0.39, 0.29) is 0 Å². The van der Waals surface area contributed by atoms with Gasteiger partial charge in [0.15, 0.2) is 11.3 Å². The summed E-state index contributed by atoms with van der Waals surface area (Å²) in [5.41, 5.74) is 0.862. The van der Waals surface area contributed by atoms with Gasteiger partial charge in [-0.25, -0.2) is 4.79 Å². The van der Waals surface area contributed by atoms with Gasteiger partial charge in [-0.15, -0.1) is 0 Å². The first kappa shape index (κ1) is 15.8. The van der Waals surface area contributed by atoms with Crippen molar-refractivity contribution in [1.29, 1.82) is 0 Å². The van der Waals surface area contributed by atoms with Crippen LogP contribution in [0.15, 0.2) is 48.5 Å². The van der Waals surface area contributed by atoms with Crippen LogP contribution < -0.4 is 5.32 Å². The minimum Gasteiger partial charge on any atom is -0.479 e. The standard InChI is InChI=1S/C18H19NO3/c1-12-8-7-9-13(2)15(12)16(20)18(3,17(21)22)19-14-10-5-4-6-11-14/h4-11,19H,1-3H3,(H,21,22). The van der Waals surface area contributed by atoms with Gasteiger partial charge in [-0.2, -0.15) is 0 Å². The number of ketones is 1. The molecular formula is C18H19NO3. The fraction of sp³-hybridized carbons (Fsp3) is 0.222. The van der Waals surface area contributed by atoms with Gasteiger partial charge >= 0.3 is 5.97 Å². The fourth-order valence-electron chi connectivity index (χ4n) is 2.44. The molecular weight excluding hydrogens is 278 g/mol. The maximum Gasteiger partial charge on any atom is 0.337 e. The molecule has 4 nitrogen and oxygen atoms in total. The van der Waals surface area contributed by atoms with E-state index in [0.717, 1.165) is 11.1 Å². The van der Waals surface area contributed by atoms with Crippen molar-refractivity contribution in [3.63, 3.8) is 0 Å². The Morgan fingerprint density at radius 3 is 2.00 bits per heavy atom. The molecule has 0 spiro atoms. The highest BCUT2D eigenvalue weighted by atomic mass is 16.4. The van der Waals surface area contributed by atoms with Crippen LogP contribution in [0.4, 0.5) is 5.69 Å². The summed E-state index contributed by atoms with van der Waals surface area (Å²) in [6.07, 6.45) is 0. The largest absolute Gasteiger partial charge is 0.479 e. The SMILES string of the molecule is Cc1cccc(C)c1C(=O)C(C)(Nc1ccccc1)C(=O)O. The summed E-state index contributed by atoms with van der Waals surface area (Å²) in [5, 5.41) is 12.5. The van der Waals surface area contributed by atoms with Gasteiger partial charge in [-0.3, -0.25) is 4.79 Å². The molecule has 0 aliphatic rings. The van der Waals surface area contributed by atoms with Crippen molar-refractivity contribution in [2.45, 2.75) is 26.3 Å². The van der Waals surface area contributed by atoms with Crippen LogP contribution in [0.25, 0.3) is 0 Å². The Labute approximate surface area is 129 Å². The van der Waals surface area contributed by atoms with E-state index in [2.05, 4.69) is 5.32 Å². The number of benzene rings is 2. The van der Waals surface area contributed by atoms with Gasteiger partial charge < -0.3 is 10.4 Å². The minimum atomic E-state index is -1.72. The van der Waals surface area contributed by atoms with Gasteiger partial charge in [0.05, 0.1) is 0 Å². The summed E-state index contributed by atoms with van der Waals surface area (Å²) in [5.74, 6) is -1.65. The average Bonchev–Trinajstić information content (AvgIpc) is 2.47. The number of hydrogen-bond acceptors (Lipinski definition) is 3. The molecule has 2 rings (SSSR count). The lowest BCUT2D eigenvalue weighted by molar-refractivity contribution is -0.139. The van der Waals surface area contributed by atoms with Gasteiger partial charge in [0.2, 0.25) is 0 Å². The van der Waals surface area contributed by atoms with Crippen LogP contribution >= 0.6 is 0 Å². The van der Waals surface area contributed by atoms with Gasteiger partial charge in [-0.05, 0) is 44.0 Å². The second kappa shape index (κ2) is 6.02. The number of carbonyl (C=O) groups is 2. The molecule has 2 N–H and O–H groups in total. The van der Waals surface area contributed by atoms with Crippen molar-refractivity contribution >= 4 is 17.4 Å². The number of rotatable bonds is 5. The molecule has 0 saturated carbocycles. The number of carboxylic acid groups (broad SMARTS) is 1. The number of nitrogens with one attached hydrogen (secondary N) is 1. The number of para-hydroxylation sites is 1. The molecule has 2 aromatic carbocycles. The Morgan fingerprint density at radius 1 is 0.955 bits per heavy atom. The molecule has 0 fully saturated rings. The van der Waals surface area contributed by atoms with E-state index in [4.69, 9.17) is 0 Å². The van der Waals surface area contributed by atoms with Crippen molar-refractivity contribution in [3.8, 4) is 0 Å². The van der Waals surface area contributed by atoms with Crippen LogP contribution in [0, 0.1) is 13.8 Å². The highest BCUT2D eigenvalue weighted by Gasteiger charge is 2.42. The number of Topliss-reactive ketones (excluding diaryl/α,β-unsaturated/α-hetero) is 1. The maximum absolute atomic E-state index is 12.9. The number of carboxylic acids is 1. The van der Waals surface area contributed by atoms with Crippen LogP contribution in [0.2, 0.25) is 0 Å². The molecule has 1 atom stereocenters. The summed E-state index contributed by atoms with van der Waals surface area (Å²) < 4.78 is 0. The number of aryl methyl sites for hydroxylation is 2. The monoisotopic (exact) mass is 297 g/mol. The molecule has 4 heteroatoms. The summed E-state index contributed by atoms with van der Waals surface area (Å²) >= 11 is 0. The third-order valence-electron chi connectivity index (χ3n) is 3.76. The summed E-state index contributed by atoms with van der Waals surface area (Å²) in [6.45, 7) is 5.02. The van der Waals surface area contributed by atoms with E-state index >= 15 is 0 Å². The lowest BCUT2D eigenvalue weighted by atomic mass is 9.86. The molecule has 1 unspecified atom stereocenters. The Bertz CT molecular complexity index is 689. The molecule has 0 radical (unpaired) electrons. The third kappa shape index (κ3) is 2.86. The maximum atomic E-state index is 12.9. The van der Waals surface area contributed by atoms with Crippen LogP contribution in [0.5, 0.6) is 0 Å². The molecule has 114 valence electrons. The first-order chi connectivity index (χ1) is 10.4. The van der Waals surface area contributed by atoms with Gasteiger partial charge in [0.1, 0.15) is 0 Å². The highest BCUT2D eigenvalue weighted by Crippen LogP contribution is 2.24. The summed E-state index contributed by atoms with van der Waals surface area (Å²) in [4.78, 5) is 24.7. The van der Waals surface area contributed by atoms with Crippen molar-refractivity contribution in [2.75, 3.05) is 5.32 Å². The van der Waals surface area contributed by atoms with Crippen molar-refractivity contribution in [2.24, 2.45) is 0 Å². The Balaban J connectivity index is 2.47. The van der Waals surface area contributed by atoms with E-state index in [1.165, 1.54) is 6.92 Å². The predicted molar refractivity (Wildman–Crippen MR) is 86.4 cm³/mol. The second-order valence-corrected chi connectivity index (χ2v) is 5.52. The van der Waals surface area contributed by atoms with Crippen LogP contribution in [-0.4, -0.2) is 22.4 Å². The molecule has 0 aromatic heterocycles. The normalized spacial score (nSPS) is 13.2. The molecule has 2 aromatic rings. The molecule has 0 bridgehead atoms. The van der Waals surface area contributed by atoms with Crippen molar-refractivity contribution < 1.29 is 14.7 Å². The predicted octanol–water partition coefficient (Wildman–Crippen LogP) is 3.44. The molecule has 0 heterocycles. The van der Waals surface area contributed by atoms with E-state index < -0.39 is 17.3 Å². The number of hydrogen-bond donors (Lipinski definition) is 2. The van der Waals surface area contributed by atoms with Crippen molar-refractivity contribution in [3.05, 3.63) is 65.2 Å². The van der Waals surface area contributed by atoms with Gasteiger partial charge in [0, 0.05) is 11.3 Å². The molecule has 0 aliphatic carbocycles. The Kier molecular flexibility index (Phi) is 4.31. The molecule has 0 aliphatic heterocycles. The fourth-order valence-corrected chi connectivity index (χ4v) is 2.44. The zero-order chi connectivity index (χ0) is 16.3. The van der Waals surface area contributed by atoms with Gasteiger partial charge in [-0.1, -0.05) is 36.4 Å². The Morgan fingerprint density at radius 2 is 1.50 bits per heavy atom. The van der Waals surface area contributed by atoms with E-state index in [1.54, 1.807) is 24.3 Å². The van der Waals surface area contributed by atoms with E-state index in [1.807, 2.05) is 38.1 Å². The van der Waals surface area contributed by atoms with Crippen LogP contribution in [-0.2, 0) is 4.79 Å². The lowest BCUT2D eigenvalue weighted by Crippen LogP contribution is -2.51. The third-order valence-corrected chi connectivity index (χ3v) is 3.76. The first-order valence-corrected chi connectivity index (χ1v) is 7.04. The van der Waals surface area contributed by atoms with Crippen molar-refractivity contribution in [1.82, 2.24) is 0 Å². The first-order valence-electron chi connectivity index (χ1n) is 7.04. The number of aliphatic carboxylic acids is 1. The molecule has 0 saturated heterocycles. The molecule has 0 amide bonds. The van der Waals surface area contributed by atoms with Gasteiger partial charge in [0.25, 0.3) is 0 Å². The van der Waals surface area contributed by atoms with Crippen LogP contribution in [0.1, 0.15) is 28.4 Å². The van der Waals surface area contributed by atoms with E-state index in [0.29, 0.717) is 11.3 Å². The minimum absolute atomic E-state index is 0.445. The Hall–Kier alpha value is -2.62. The average molecular weight is 297 g/mol. The smallest absolute Gasteiger partial charge is 0.337 e. The zero-order valence-electron chi connectivity index (χ0n) is 12.9. The number of anilines is 1. The zero-order valence-corrected chi connectivity index (χ0v) is 12.9. The molecule has 22 heavy (non-hydrogen) atoms. The topological polar surface area (TPSA) is 66.4 Å². The van der Waals surface area contributed by atoms with Crippen LogP contribution in [0.3, 0.4) is 0 Å². The second-order valence-electron chi connectivity index (χ2n) is 5.52. The summed E-state index contributed by atoms with van der Waals surface area (Å²) in [7, 11) is 0. The lowest BCUT2D eigenvalue weighted by Gasteiger charge is -2.27. The van der Waals surface area contributed by atoms with E-state index in [9.17, 15) is 14.7 Å².